The van der Waals surface area contributed by atoms with Crippen molar-refractivity contribution >= 4 is 51.9 Å². The molecule has 2 heterocycles. The van der Waals surface area contributed by atoms with Crippen molar-refractivity contribution in [2.45, 2.75) is 38.3 Å². The number of aliphatic hydroxyl groups excluding tert-OH is 2. The molecule has 2 amide bonds. The highest BCUT2D eigenvalue weighted by atomic mass is 35.5. The molecule has 0 fully saturated rings. The monoisotopic (exact) mass is 602 g/mol. The number of hydrogen-bond donors (Lipinski definition) is 6. The largest absolute Gasteiger partial charge is 0.464 e. The van der Waals surface area contributed by atoms with Gasteiger partial charge in [0, 0.05) is 36.6 Å². The molecular weight excluding hydrogens is 575 g/mol. The minimum Gasteiger partial charge on any atom is -0.464 e. The number of aliphatic imine (C=N–C) groups is 1. The number of carbonyl (C=O) groups is 2. The predicted molar refractivity (Wildman–Crippen MR) is 151 cm³/mol. The first-order chi connectivity index (χ1) is 19.6. The second-order valence-corrected chi connectivity index (χ2v) is 10.3. The van der Waals surface area contributed by atoms with Crippen LogP contribution in [0.2, 0.25) is 10.0 Å². The van der Waals surface area contributed by atoms with E-state index in [0.717, 1.165) is 5.39 Å². The number of furan rings is 1. The second kappa shape index (κ2) is 13.2. The summed E-state index contributed by atoms with van der Waals surface area (Å²) in [4.78, 5) is 31.6. The molecule has 1 aromatic heterocycles. The summed E-state index contributed by atoms with van der Waals surface area (Å²) in [6, 6.07) is 6.95. The lowest BCUT2D eigenvalue weighted by atomic mass is 9.95. The van der Waals surface area contributed by atoms with Gasteiger partial charge < -0.3 is 40.6 Å². The molecule has 0 saturated heterocycles. The third-order valence-corrected chi connectivity index (χ3v) is 7.32. The highest BCUT2D eigenvalue weighted by Gasteiger charge is 2.29. The van der Waals surface area contributed by atoms with Gasteiger partial charge in [-0.05, 0) is 48.7 Å². The lowest BCUT2D eigenvalue weighted by Gasteiger charge is -2.30. The van der Waals surface area contributed by atoms with E-state index in [1.807, 2.05) is 12.1 Å². The molecule has 14 heteroatoms. The molecule has 0 spiro atoms. The SMILES string of the molecule is C[C@@H](CO)NC(=NC#N)NC[C@H](NC(=O)c1c(Cl)cc2c(c1Cl)CCN(C(=O)c1ccc3ccoc3c1)C2)C(O)O. The van der Waals surface area contributed by atoms with Gasteiger partial charge in [-0.3, -0.25) is 9.59 Å². The number of hydrogen-bond acceptors (Lipinski definition) is 8. The summed E-state index contributed by atoms with van der Waals surface area (Å²) in [5, 5.41) is 46.8. The first-order valence-corrected chi connectivity index (χ1v) is 13.4. The lowest BCUT2D eigenvalue weighted by molar-refractivity contribution is -0.0635. The molecule has 1 aliphatic rings. The molecule has 0 unspecified atom stereocenters. The number of carbonyl (C=O) groups excluding carboxylic acids is 2. The summed E-state index contributed by atoms with van der Waals surface area (Å²) < 4.78 is 5.41. The Hall–Kier alpha value is -3.86. The van der Waals surface area contributed by atoms with E-state index in [4.69, 9.17) is 32.9 Å². The van der Waals surface area contributed by atoms with Gasteiger partial charge in [0.1, 0.15) is 5.58 Å². The lowest BCUT2D eigenvalue weighted by Crippen LogP contribution is -2.53. The van der Waals surface area contributed by atoms with Crippen LogP contribution >= 0.6 is 23.2 Å². The molecule has 0 saturated carbocycles. The smallest absolute Gasteiger partial charge is 0.254 e. The van der Waals surface area contributed by atoms with E-state index >= 15 is 0 Å². The molecule has 41 heavy (non-hydrogen) atoms. The Bertz CT molecular complexity index is 1520. The van der Waals surface area contributed by atoms with E-state index < -0.39 is 24.3 Å². The Morgan fingerprint density at radius 3 is 2.71 bits per heavy atom. The Balaban J connectivity index is 1.48. The maximum absolute atomic E-state index is 13.2. The van der Waals surface area contributed by atoms with E-state index in [1.165, 1.54) is 0 Å². The predicted octanol–water partition coefficient (Wildman–Crippen LogP) is 1.74. The first-order valence-electron chi connectivity index (χ1n) is 12.6. The maximum Gasteiger partial charge on any atom is 0.254 e. The molecule has 216 valence electrons. The molecule has 2 atom stereocenters. The number of aliphatic hydroxyl groups is 3. The standard InChI is InChI=1S/C27H28Cl2N6O6/c1-14(12-36)33-27(32-13-30)31-10-20(26(39)40)34-24(37)22-19(28)8-17-11-35(6-4-18(17)23(22)29)25(38)16-3-2-15-5-7-41-21(15)9-16/h2-3,5,7-9,14,20,26,36,39-40H,4,6,10-12H2,1H3,(H,34,37)(H2,31,32,33)/t14-,20-/m0/s1. The summed E-state index contributed by atoms with van der Waals surface area (Å²) in [6.07, 6.45) is 1.54. The van der Waals surface area contributed by atoms with E-state index in [1.54, 1.807) is 42.5 Å². The fourth-order valence-corrected chi connectivity index (χ4v) is 5.20. The molecular formula is C27H28Cl2N6O6. The molecule has 0 bridgehead atoms. The molecule has 12 nitrogen and oxygen atoms in total. The molecule has 3 aromatic rings. The third kappa shape index (κ3) is 6.90. The number of benzene rings is 2. The Morgan fingerprint density at radius 2 is 2.00 bits per heavy atom. The quantitative estimate of drug-likeness (QED) is 0.0967. The molecule has 4 rings (SSSR count). The van der Waals surface area contributed by atoms with Crippen LogP contribution in [0.15, 0.2) is 46.0 Å². The van der Waals surface area contributed by atoms with Crippen LogP contribution in [-0.4, -0.2) is 76.1 Å². The topological polar surface area (TPSA) is 183 Å². The van der Waals surface area contributed by atoms with Crippen LogP contribution < -0.4 is 16.0 Å². The summed E-state index contributed by atoms with van der Waals surface area (Å²) in [7, 11) is 0. The Morgan fingerprint density at radius 1 is 1.22 bits per heavy atom. The van der Waals surface area contributed by atoms with E-state index in [0.29, 0.717) is 35.2 Å². The number of fused-ring (bicyclic) bond motifs is 2. The Labute approximate surface area is 245 Å². The van der Waals surface area contributed by atoms with Gasteiger partial charge >= 0.3 is 0 Å². The number of guanidine groups is 1. The van der Waals surface area contributed by atoms with Crippen molar-refractivity contribution < 1.29 is 29.3 Å². The zero-order valence-corrected chi connectivity index (χ0v) is 23.4. The molecule has 0 radical (unpaired) electrons. The second-order valence-electron chi connectivity index (χ2n) is 9.50. The van der Waals surface area contributed by atoms with Crippen molar-refractivity contribution in [1.29, 1.82) is 5.26 Å². The van der Waals surface area contributed by atoms with Gasteiger partial charge in [0.25, 0.3) is 11.8 Å². The van der Waals surface area contributed by atoms with Gasteiger partial charge in [0.15, 0.2) is 6.29 Å². The van der Waals surface area contributed by atoms with Gasteiger partial charge in [-0.15, -0.1) is 4.99 Å². The number of nitrogens with one attached hydrogen (secondary N) is 3. The van der Waals surface area contributed by atoms with Crippen molar-refractivity contribution in [2.24, 2.45) is 4.99 Å². The van der Waals surface area contributed by atoms with Gasteiger partial charge in [-0.25, -0.2) is 0 Å². The van der Waals surface area contributed by atoms with Crippen LogP contribution in [-0.2, 0) is 13.0 Å². The number of amides is 2. The summed E-state index contributed by atoms with van der Waals surface area (Å²) in [6.45, 7) is 1.75. The Kier molecular flexibility index (Phi) is 9.69. The average molecular weight is 603 g/mol. The fourth-order valence-electron chi connectivity index (χ4n) is 4.43. The maximum atomic E-state index is 13.2. The normalized spacial score (nSPS) is 14.8. The van der Waals surface area contributed by atoms with Crippen molar-refractivity contribution in [3.05, 3.63) is 68.9 Å². The average Bonchev–Trinajstić information content (AvgIpc) is 3.42. The van der Waals surface area contributed by atoms with Crippen LogP contribution in [0.4, 0.5) is 0 Å². The fraction of sp³-hybridized carbons (Fsp3) is 0.333. The van der Waals surface area contributed by atoms with Crippen molar-refractivity contribution in [3.8, 4) is 6.19 Å². The van der Waals surface area contributed by atoms with Crippen LogP contribution in [0.1, 0.15) is 38.8 Å². The summed E-state index contributed by atoms with van der Waals surface area (Å²) >= 11 is 13.1. The van der Waals surface area contributed by atoms with Gasteiger partial charge in [0.05, 0.1) is 34.5 Å². The molecule has 1 aliphatic heterocycles. The zero-order chi connectivity index (χ0) is 29.7. The van der Waals surface area contributed by atoms with Crippen LogP contribution in [0.5, 0.6) is 0 Å². The number of halogens is 2. The van der Waals surface area contributed by atoms with E-state index in [2.05, 4.69) is 20.9 Å². The van der Waals surface area contributed by atoms with Crippen LogP contribution in [0.25, 0.3) is 11.0 Å². The van der Waals surface area contributed by atoms with Crippen molar-refractivity contribution in [3.63, 3.8) is 0 Å². The van der Waals surface area contributed by atoms with Gasteiger partial charge in [-0.1, -0.05) is 29.3 Å². The number of rotatable bonds is 8. The molecule has 2 aromatic carbocycles. The van der Waals surface area contributed by atoms with Gasteiger partial charge in [0.2, 0.25) is 12.2 Å². The number of nitriles is 1. The highest BCUT2D eigenvalue weighted by Crippen LogP contribution is 2.35. The number of nitrogens with zero attached hydrogens (tertiary/aromatic N) is 3. The highest BCUT2D eigenvalue weighted by molar-refractivity contribution is 6.40. The van der Waals surface area contributed by atoms with E-state index in [9.17, 15) is 24.9 Å². The van der Waals surface area contributed by atoms with E-state index in [-0.39, 0.29) is 47.2 Å². The summed E-state index contributed by atoms with van der Waals surface area (Å²) in [5.41, 5.74) is 2.41. The minimum absolute atomic E-state index is 0.0259. The molecule has 0 aliphatic carbocycles. The van der Waals surface area contributed by atoms with Crippen molar-refractivity contribution in [1.82, 2.24) is 20.9 Å². The van der Waals surface area contributed by atoms with Crippen molar-refractivity contribution in [2.75, 3.05) is 19.7 Å². The first kappa shape index (κ1) is 30.1. The van der Waals surface area contributed by atoms with Crippen LogP contribution in [0, 0.1) is 11.5 Å². The molecule has 6 N–H and O–H groups in total. The third-order valence-electron chi connectivity index (χ3n) is 6.61. The zero-order valence-electron chi connectivity index (χ0n) is 21.9. The minimum atomic E-state index is -1.99. The summed E-state index contributed by atoms with van der Waals surface area (Å²) in [5.74, 6) is -0.956. The van der Waals surface area contributed by atoms with Gasteiger partial charge in [-0.2, -0.15) is 5.26 Å². The van der Waals surface area contributed by atoms with Crippen LogP contribution in [0.3, 0.4) is 0 Å².